The van der Waals surface area contributed by atoms with E-state index in [0.29, 0.717) is 0 Å². The summed E-state index contributed by atoms with van der Waals surface area (Å²) >= 11 is 0. The van der Waals surface area contributed by atoms with Crippen molar-refractivity contribution in [2.75, 3.05) is 6.61 Å². The first kappa shape index (κ1) is 9.35. The molecule has 5 nitrogen and oxygen atoms in total. The Hall–Kier alpha value is -0.650. The molecule has 0 radical (unpaired) electrons. The number of aliphatic hydroxyl groups excluding tert-OH is 3. The summed E-state index contributed by atoms with van der Waals surface area (Å²) in [6, 6.07) is 0. The molecule has 0 fully saturated rings. The second kappa shape index (κ2) is 4.21. The fraction of sp³-hybridized carbons (Fsp3) is 0.800. The molecule has 0 spiro atoms. The molecule has 0 saturated heterocycles. The summed E-state index contributed by atoms with van der Waals surface area (Å²) in [4.78, 5) is 9.77. The third-order valence-electron chi connectivity index (χ3n) is 1.01. The highest BCUT2D eigenvalue weighted by molar-refractivity contribution is 5.64. The second-order valence-corrected chi connectivity index (χ2v) is 1.89. The number of carbonyl (C=O) groups excluding carboxylic acids is 1. The molecule has 0 aliphatic carbocycles. The van der Waals surface area contributed by atoms with Gasteiger partial charge in [0.15, 0.2) is 0 Å². The second-order valence-electron chi connectivity index (χ2n) is 1.89. The van der Waals surface area contributed by atoms with E-state index in [1.165, 1.54) is 0 Å². The average Bonchev–Trinajstić information content (AvgIpc) is 1.85. The van der Waals surface area contributed by atoms with Crippen molar-refractivity contribution in [1.82, 2.24) is 0 Å². The van der Waals surface area contributed by atoms with Gasteiger partial charge in [-0.1, -0.05) is 0 Å². The van der Waals surface area contributed by atoms with Crippen LogP contribution >= 0.6 is 0 Å². The molecule has 0 rings (SSSR count). The topological polar surface area (TPSA) is 101 Å². The van der Waals surface area contributed by atoms with Gasteiger partial charge in [0.25, 0.3) is 0 Å². The largest absolute Gasteiger partial charge is 0.550 e. The smallest absolute Gasteiger partial charge is 0.103 e. The zero-order valence-electron chi connectivity index (χ0n) is 5.23. The summed E-state index contributed by atoms with van der Waals surface area (Å²) in [6.07, 6.45) is -3.52. The average molecular weight is 149 g/mol. The molecule has 5 heteroatoms. The van der Waals surface area contributed by atoms with Crippen molar-refractivity contribution < 1.29 is 25.2 Å². The Morgan fingerprint density at radius 1 is 1.40 bits per heavy atom. The lowest BCUT2D eigenvalue weighted by atomic mass is 10.1. The van der Waals surface area contributed by atoms with Gasteiger partial charge >= 0.3 is 0 Å². The maximum atomic E-state index is 9.77. The van der Waals surface area contributed by atoms with Crippen molar-refractivity contribution in [2.24, 2.45) is 0 Å². The monoisotopic (exact) mass is 149 g/mol. The molecule has 0 aliphatic heterocycles. The lowest BCUT2D eigenvalue weighted by Gasteiger charge is -2.15. The van der Waals surface area contributed by atoms with Gasteiger partial charge in [-0.2, -0.15) is 0 Å². The number of carboxylic acids is 1. The summed E-state index contributed by atoms with van der Waals surface area (Å²) in [6.45, 7) is -0.658. The van der Waals surface area contributed by atoms with Crippen LogP contribution < -0.4 is 5.11 Å². The maximum Gasteiger partial charge on any atom is 0.103 e. The number of rotatable bonds is 4. The minimum absolute atomic E-state index is 0.658. The van der Waals surface area contributed by atoms with Crippen LogP contribution in [0.1, 0.15) is 6.42 Å². The zero-order valence-corrected chi connectivity index (χ0v) is 5.23. The van der Waals surface area contributed by atoms with E-state index >= 15 is 0 Å². The van der Waals surface area contributed by atoms with E-state index in [4.69, 9.17) is 15.3 Å². The van der Waals surface area contributed by atoms with Crippen LogP contribution in [0, 0.1) is 0 Å². The Morgan fingerprint density at radius 3 is 2.20 bits per heavy atom. The minimum Gasteiger partial charge on any atom is -0.550 e. The van der Waals surface area contributed by atoms with E-state index in [2.05, 4.69) is 0 Å². The number of carboxylic acid groups (broad SMARTS) is 1. The van der Waals surface area contributed by atoms with Crippen LogP contribution in [0.25, 0.3) is 0 Å². The molecule has 2 atom stereocenters. The fourth-order valence-corrected chi connectivity index (χ4v) is 0.428. The SMILES string of the molecule is O=C([O-])CC(O)C(O)CO. The van der Waals surface area contributed by atoms with Crippen molar-refractivity contribution >= 4 is 5.97 Å². The summed E-state index contributed by atoms with van der Waals surface area (Å²) in [5.41, 5.74) is 0. The van der Waals surface area contributed by atoms with Crippen LogP contribution in [0.2, 0.25) is 0 Å². The predicted octanol–water partition coefficient (Wildman–Crippen LogP) is -3.16. The highest BCUT2D eigenvalue weighted by Crippen LogP contribution is 1.96. The molecule has 0 amide bonds. The standard InChI is InChI=1S/C5H10O5/c6-2-4(8)3(7)1-5(9)10/h3-4,6-8H,1-2H2,(H,9,10)/p-1. The molecule has 3 N–H and O–H groups in total. The molecule has 0 aromatic heterocycles. The molecular formula is C5H9O5-. The predicted molar refractivity (Wildman–Crippen MR) is 28.7 cm³/mol. The summed E-state index contributed by atoms with van der Waals surface area (Å²) in [5, 5.41) is 35.2. The molecule has 0 aliphatic rings. The summed E-state index contributed by atoms with van der Waals surface area (Å²) < 4.78 is 0. The summed E-state index contributed by atoms with van der Waals surface area (Å²) in [7, 11) is 0. The molecular weight excluding hydrogens is 140 g/mol. The first-order valence-electron chi connectivity index (χ1n) is 2.74. The van der Waals surface area contributed by atoms with Crippen LogP contribution in [-0.2, 0) is 4.79 Å². The highest BCUT2D eigenvalue weighted by atomic mass is 16.4. The van der Waals surface area contributed by atoms with Crippen LogP contribution in [0.3, 0.4) is 0 Å². The van der Waals surface area contributed by atoms with Gasteiger partial charge < -0.3 is 25.2 Å². The minimum atomic E-state index is -1.46. The molecule has 2 unspecified atom stereocenters. The van der Waals surface area contributed by atoms with Crippen molar-refractivity contribution in [1.29, 1.82) is 0 Å². The molecule has 0 aromatic rings. The Kier molecular flexibility index (Phi) is 3.94. The number of aliphatic carboxylic acids is 1. The van der Waals surface area contributed by atoms with E-state index in [-0.39, 0.29) is 0 Å². The van der Waals surface area contributed by atoms with Gasteiger partial charge in [-0.25, -0.2) is 0 Å². The maximum absolute atomic E-state index is 9.77. The number of hydrogen-bond acceptors (Lipinski definition) is 5. The van der Waals surface area contributed by atoms with Gasteiger partial charge in [0.2, 0.25) is 0 Å². The third kappa shape index (κ3) is 3.39. The molecule has 60 valence electrons. The third-order valence-corrected chi connectivity index (χ3v) is 1.01. The van der Waals surface area contributed by atoms with Gasteiger partial charge in [-0.15, -0.1) is 0 Å². The van der Waals surface area contributed by atoms with E-state index in [1.54, 1.807) is 0 Å². The molecule has 0 heterocycles. The Bertz CT molecular complexity index is 113. The van der Waals surface area contributed by atoms with E-state index < -0.39 is 31.2 Å². The number of carbonyl (C=O) groups is 1. The van der Waals surface area contributed by atoms with E-state index in [0.717, 1.165) is 0 Å². The van der Waals surface area contributed by atoms with Gasteiger partial charge in [0, 0.05) is 12.4 Å². The molecule has 10 heavy (non-hydrogen) atoms. The van der Waals surface area contributed by atoms with Gasteiger partial charge in [-0.3, -0.25) is 0 Å². The highest BCUT2D eigenvalue weighted by Gasteiger charge is 2.14. The quantitative estimate of drug-likeness (QED) is 0.391. The zero-order chi connectivity index (χ0) is 8.15. The Labute approximate surface area is 57.5 Å². The fourth-order valence-electron chi connectivity index (χ4n) is 0.428. The van der Waals surface area contributed by atoms with E-state index in [9.17, 15) is 9.90 Å². The van der Waals surface area contributed by atoms with Crippen molar-refractivity contribution in [3.63, 3.8) is 0 Å². The van der Waals surface area contributed by atoms with Crippen molar-refractivity contribution in [3.05, 3.63) is 0 Å². The number of hydrogen-bond donors (Lipinski definition) is 3. The lowest BCUT2D eigenvalue weighted by molar-refractivity contribution is -0.308. The van der Waals surface area contributed by atoms with Gasteiger partial charge in [0.1, 0.15) is 6.10 Å². The van der Waals surface area contributed by atoms with Crippen LogP contribution in [-0.4, -0.2) is 40.1 Å². The van der Waals surface area contributed by atoms with Crippen molar-refractivity contribution in [2.45, 2.75) is 18.6 Å². The van der Waals surface area contributed by atoms with Gasteiger partial charge in [-0.05, 0) is 0 Å². The van der Waals surface area contributed by atoms with Crippen LogP contribution in [0.5, 0.6) is 0 Å². The number of aliphatic hydroxyl groups is 3. The van der Waals surface area contributed by atoms with Crippen LogP contribution in [0.4, 0.5) is 0 Å². The lowest BCUT2D eigenvalue weighted by Crippen LogP contribution is -2.36. The molecule has 0 saturated carbocycles. The molecule has 0 bridgehead atoms. The normalized spacial score (nSPS) is 16.3. The first-order chi connectivity index (χ1) is 4.57. The Morgan fingerprint density at radius 2 is 1.90 bits per heavy atom. The Balaban J connectivity index is 3.61. The van der Waals surface area contributed by atoms with Crippen LogP contribution in [0.15, 0.2) is 0 Å². The first-order valence-corrected chi connectivity index (χ1v) is 2.74. The van der Waals surface area contributed by atoms with Gasteiger partial charge in [0.05, 0.1) is 12.7 Å². The molecule has 0 aromatic carbocycles. The summed E-state index contributed by atoms with van der Waals surface area (Å²) in [5.74, 6) is -1.46. The van der Waals surface area contributed by atoms with Crippen molar-refractivity contribution in [3.8, 4) is 0 Å². The van der Waals surface area contributed by atoms with E-state index in [1.807, 2.05) is 0 Å².